The van der Waals surface area contributed by atoms with Gasteiger partial charge in [0.15, 0.2) is 17.3 Å². The van der Waals surface area contributed by atoms with Crippen molar-refractivity contribution in [2.24, 2.45) is 5.92 Å². The molecular weight excluding hydrogens is 268 g/mol. The minimum absolute atomic E-state index is 0.0496. The standard InChI is InChI=1S/C17H20O4/c1-5-10-17(12-6-8-13(20-4)9-7-12)15(18)14(11(2)3)21-16(17)19/h5-9,11,14H,1,10H2,2-4H3/t14-,17+/m0/s1. The maximum atomic E-state index is 12.8. The van der Waals surface area contributed by atoms with E-state index in [0.29, 0.717) is 11.3 Å². The van der Waals surface area contributed by atoms with Crippen molar-refractivity contribution in [3.05, 3.63) is 42.5 Å². The highest BCUT2D eigenvalue weighted by molar-refractivity contribution is 6.16. The first kappa shape index (κ1) is 15.3. The second-order valence-electron chi connectivity index (χ2n) is 5.56. The number of hydrogen-bond donors (Lipinski definition) is 0. The molecular formula is C17H20O4. The Kier molecular flexibility index (Phi) is 4.16. The first-order chi connectivity index (χ1) is 9.97. The van der Waals surface area contributed by atoms with Crippen LogP contribution in [0, 0.1) is 5.92 Å². The van der Waals surface area contributed by atoms with Crippen molar-refractivity contribution in [1.82, 2.24) is 0 Å². The zero-order chi connectivity index (χ0) is 15.6. The second kappa shape index (κ2) is 5.72. The highest BCUT2D eigenvalue weighted by Crippen LogP contribution is 2.40. The zero-order valence-electron chi connectivity index (χ0n) is 12.6. The Balaban J connectivity index is 2.51. The molecule has 1 aliphatic heterocycles. The number of Topliss-reactive ketones (excluding diaryl/α,β-unsaturated/α-hetero) is 1. The molecule has 1 heterocycles. The highest BCUT2D eigenvalue weighted by atomic mass is 16.6. The first-order valence-corrected chi connectivity index (χ1v) is 6.98. The maximum absolute atomic E-state index is 12.8. The Bertz CT molecular complexity index is 559. The second-order valence-corrected chi connectivity index (χ2v) is 5.56. The quantitative estimate of drug-likeness (QED) is 0.475. The summed E-state index contributed by atoms with van der Waals surface area (Å²) < 4.78 is 10.5. The molecule has 1 aromatic rings. The average Bonchev–Trinajstić information content (AvgIpc) is 2.73. The highest BCUT2D eigenvalue weighted by Gasteiger charge is 2.58. The Hall–Kier alpha value is -2.10. The summed E-state index contributed by atoms with van der Waals surface area (Å²) in [5, 5.41) is 0. The van der Waals surface area contributed by atoms with Gasteiger partial charge in [0, 0.05) is 0 Å². The van der Waals surface area contributed by atoms with E-state index < -0.39 is 17.5 Å². The molecule has 112 valence electrons. The number of rotatable bonds is 5. The molecule has 1 aliphatic rings. The van der Waals surface area contributed by atoms with Crippen LogP contribution in [0.15, 0.2) is 36.9 Å². The molecule has 4 heteroatoms. The van der Waals surface area contributed by atoms with Crippen LogP contribution in [0.3, 0.4) is 0 Å². The van der Waals surface area contributed by atoms with Crippen molar-refractivity contribution in [3.8, 4) is 5.75 Å². The molecule has 0 saturated carbocycles. The molecule has 0 amide bonds. The molecule has 1 aromatic carbocycles. The van der Waals surface area contributed by atoms with Crippen molar-refractivity contribution < 1.29 is 19.1 Å². The number of allylic oxidation sites excluding steroid dienone is 1. The third-order valence-electron chi connectivity index (χ3n) is 3.90. The van der Waals surface area contributed by atoms with Crippen molar-refractivity contribution in [1.29, 1.82) is 0 Å². The van der Waals surface area contributed by atoms with Crippen LogP contribution in [0.5, 0.6) is 5.75 Å². The van der Waals surface area contributed by atoms with Crippen LogP contribution in [0.2, 0.25) is 0 Å². The Labute approximate surface area is 124 Å². The molecule has 2 rings (SSSR count). The number of carbonyl (C=O) groups excluding carboxylic acids is 2. The fourth-order valence-corrected chi connectivity index (χ4v) is 2.71. The SMILES string of the molecule is C=CC[C@]1(c2ccc(OC)cc2)C(=O)O[C@@H](C(C)C)C1=O. The predicted octanol–water partition coefficient (Wildman–Crippen LogP) is 2.66. The Morgan fingerprint density at radius 3 is 2.38 bits per heavy atom. The summed E-state index contributed by atoms with van der Waals surface area (Å²) in [5.41, 5.74) is -0.649. The van der Waals surface area contributed by atoms with Crippen LogP contribution in [0.4, 0.5) is 0 Å². The number of ketones is 1. The maximum Gasteiger partial charge on any atom is 0.325 e. The summed E-state index contributed by atoms with van der Waals surface area (Å²) in [6, 6.07) is 6.96. The molecule has 4 nitrogen and oxygen atoms in total. The smallest absolute Gasteiger partial charge is 0.325 e. The number of hydrogen-bond acceptors (Lipinski definition) is 4. The van der Waals surface area contributed by atoms with Crippen LogP contribution in [0.25, 0.3) is 0 Å². The van der Waals surface area contributed by atoms with Crippen molar-refractivity contribution in [3.63, 3.8) is 0 Å². The summed E-state index contributed by atoms with van der Waals surface area (Å²) in [4.78, 5) is 25.2. The van der Waals surface area contributed by atoms with E-state index >= 15 is 0 Å². The number of cyclic esters (lactones) is 1. The van der Waals surface area contributed by atoms with Crippen LogP contribution in [-0.2, 0) is 19.7 Å². The van der Waals surface area contributed by atoms with Gasteiger partial charge in [0.2, 0.25) is 0 Å². The number of ether oxygens (including phenoxy) is 2. The summed E-state index contributed by atoms with van der Waals surface area (Å²) in [6.07, 6.45) is 1.13. The summed E-state index contributed by atoms with van der Waals surface area (Å²) in [5.74, 6) is -0.0538. The van der Waals surface area contributed by atoms with E-state index in [1.807, 2.05) is 13.8 Å². The lowest BCUT2D eigenvalue weighted by molar-refractivity contribution is -0.147. The first-order valence-electron chi connectivity index (χ1n) is 6.98. The van der Waals surface area contributed by atoms with Gasteiger partial charge in [0.05, 0.1) is 7.11 Å². The molecule has 0 radical (unpaired) electrons. The third kappa shape index (κ3) is 2.35. The lowest BCUT2D eigenvalue weighted by Gasteiger charge is -2.22. The number of benzene rings is 1. The minimum atomic E-state index is -1.27. The lowest BCUT2D eigenvalue weighted by Crippen LogP contribution is -2.40. The molecule has 0 aliphatic carbocycles. The van der Waals surface area contributed by atoms with Gasteiger partial charge < -0.3 is 9.47 Å². The zero-order valence-corrected chi connectivity index (χ0v) is 12.6. The van der Waals surface area contributed by atoms with Gasteiger partial charge in [-0.2, -0.15) is 0 Å². The normalized spacial score (nSPS) is 25.0. The van der Waals surface area contributed by atoms with E-state index in [2.05, 4.69) is 6.58 Å². The number of methoxy groups -OCH3 is 1. The Morgan fingerprint density at radius 2 is 1.95 bits per heavy atom. The van der Waals surface area contributed by atoms with Gasteiger partial charge in [0.25, 0.3) is 0 Å². The Morgan fingerprint density at radius 1 is 1.33 bits per heavy atom. The predicted molar refractivity (Wildman–Crippen MR) is 79.2 cm³/mol. The summed E-state index contributed by atoms with van der Waals surface area (Å²) in [6.45, 7) is 7.42. The van der Waals surface area contributed by atoms with Gasteiger partial charge in [-0.15, -0.1) is 6.58 Å². The van der Waals surface area contributed by atoms with Crippen LogP contribution >= 0.6 is 0 Å². The van der Waals surface area contributed by atoms with Crippen molar-refractivity contribution in [2.75, 3.05) is 7.11 Å². The van der Waals surface area contributed by atoms with E-state index in [9.17, 15) is 9.59 Å². The lowest BCUT2D eigenvalue weighted by atomic mass is 9.73. The fraction of sp³-hybridized carbons (Fsp3) is 0.412. The average molecular weight is 288 g/mol. The number of carbonyl (C=O) groups is 2. The van der Waals surface area contributed by atoms with Crippen LogP contribution in [0.1, 0.15) is 25.8 Å². The molecule has 0 N–H and O–H groups in total. The number of esters is 1. The molecule has 0 unspecified atom stereocenters. The van der Waals surface area contributed by atoms with Gasteiger partial charge in [-0.05, 0) is 30.0 Å². The van der Waals surface area contributed by atoms with E-state index in [1.54, 1.807) is 37.5 Å². The van der Waals surface area contributed by atoms with Crippen molar-refractivity contribution >= 4 is 11.8 Å². The molecule has 1 saturated heterocycles. The molecule has 0 spiro atoms. The molecule has 0 bridgehead atoms. The van der Waals surface area contributed by atoms with Gasteiger partial charge in [-0.1, -0.05) is 32.1 Å². The van der Waals surface area contributed by atoms with Gasteiger partial charge >= 0.3 is 5.97 Å². The third-order valence-corrected chi connectivity index (χ3v) is 3.90. The molecule has 21 heavy (non-hydrogen) atoms. The topological polar surface area (TPSA) is 52.6 Å². The van der Waals surface area contributed by atoms with Crippen LogP contribution in [-0.4, -0.2) is 25.0 Å². The molecule has 1 fully saturated rings. The monoisotopic (exact) mass is 288 g/mol. The van der Waals surface area contributed by atoms with E-state index in [0.717, 1.165) is 0 Å². The summed E-state index contributed by atoms with van der Waals surface area (Å²) in [7, 11) is 1.57. The summed E-state index contributed by atoms with van der Waals surface area (Å²) >= 11 is 0. The minimum Gasteiger partial charge on any atom is -0.497 e. The van der Waals surface area contributed by atoms with Crippen LogP contribution < -0.4 is 4.74 Å². The molecule has 2 atom stereocenters. The molecule has 0 aromatic heterocycles. The van der Waals surface area contributed by atoms with E-state index in [-0.39, 0.29) is 18.1 Å². The van der Waals surface area contributed by atoms with Gasteiger partial charge in [-0.3, -0.25) is 9.59 Å². The van der Waals surface area contributed by atoms with Crippen molar-refractivity contribution in [2.45, 2.75) is 31.8 Å². The largest absolute Gasteiger partial charge is 0.497 e. The fourth-order valence-electron chi connectivity index (χ4n) is 2.71. The van der Waals surface area contributed by atoms with Gasteiger partial charge in [-0.25, -0.2) is 0 Å². The van der Waals surface area contributed by atoms with E-state index in [4.69, 9.17) is 9.47 Å². The van der Waals surface area contributed by atoms with Gasteiger partial charge in [0.1, 0.15) is 5.75 Å². The van der Waals surface area contributed by atoms with E-state index in [1.165, 1.54) is 0 Å².